The van der Waals surface area contributed by atoms with E-state index in [9.17, 15) is 14.4 Å². The first-order chi connectivity index (χ1) is 13.4. The molecule has 8 heteroatoms. The van der Waals surface area contributed by atoms with Crippen molar-refractivity contribution in [2.45, 2.75) is 12.3 Å². The average molecular weight is 379 g/mol. The van der Waals surface area contributed by atoms with E-state index in [-0.39, 0.29) is 28.6 Å². The van der Waals surface area contributed by atoms with Crippen LogP contribution in [-0.2, 0) is 0 Å². The number of hydrogen-bond donors (Lipinski definition) is 2. The zero-order valence-electron chi connectivity index (χ0n) is 15.7. The summed E-state index contributed by atoms with van der Waals surface area (Å²) in [5.74, 6) is 0.256. The Labute approximate surface area is 160 Å². The molecule has 0 spiro atoms. The minimum Gasteiger partial charge on any atom is -0.348 e. The number of aromatic nitrogens is 3. The number of hydrogen-bond acceptors (Lipinski definition) is 5. The molecule has 3 heterocycles. The number of carbonyl (C=O) groups excluding carboxylic acids is 1. The lowest BCUT2D eigenvalue weighted by Crippen LogP contribution is -2.31. The van der Waals surface area contributed by atoms with Crippen molar-refractivity contribution in [2.24, 2.45) is 0 Å². The molecule has 8 nitrogen and oxygen atoms in total. The van der Waals surface area contributed by atoms with Gasteiger partial charge in [0.15, 0.2) is 0 Å². The Hall–Kier alpha value is -3.42. The number of aromatic amines is 2. The highest BCUT2D eigenvalue weighted by atomic mass is 16.2. The van der Waals surface area contributed by atoms with Gasteiger partial charge in [0.2, 0.25) is 5.95 Å². The summed E-state index contributed by atoms with van der Waals surface area (Å²) in [6, 6.07) is 10.4. The summed E-state index contributed by atoms with van der Waals surface area (Å²) >= 11 is 0. The number of nitrogens with zero attached hydrogens (tertiary/aromatic N) is 3. The molecule has 0 bridgehead atoms. The third-order valence-electron chi connectivity index (χ3n) is 5.05. The summed E-state index contributed by atoms with van der Waals surface area (Å²) in [5.41, 5.74) is 0.466. The Morgan fingerprint density at radius 1 is 1.18 bits per heavy atom. The molecule has 3 aromatic rings. The zero-order valence-corrected chi connectivity index (χ0v) is 15.7. The molecule has 1 atom stereocenters. The van der Waals surface area contributed by atoms with Gasteiger partial charge < -0.3 is 14.8 Å². The topological polar surface area (TPSA) is 102 Å². The quantitative estimate of drug-likeness (QED) is 0.714. The van der Waals surface area contributed by atoms with Crippen LogP contribution < -0.4 is 16.0 Å². The summed E-state index contributed by atoms with van der Waals surface area (Å²) < 4.78 is 0. The van der Waals surface area contributed by atoms with Crippen LogP contribution >= 0.6 is 0 Å². The van der Waals surface area contributed by atoms with Gasteiger partial charge in [-0.25, -0.2) is 4.98 Å². The van der Waals surface area contributed by atoms with Gasteiger partial charge in [-0.3, -0.25) is 19.4 Å². The first-order valence-electron chi connectivity index (χ1n) is 9.12. The molecule has 1 aliphatic heterocycles. The number of anilines is 1. The highest BCUT2D eigenvalue weighted by Gasteiger charge is 2.30. The second-order valence-corrected chi connectivity index (χ2v) is 7.22. The van der Waals surface area contributed by atoms with Gasteiger partial charge in [0.1, 0.15) is 5.69 Å². The van der Waals surface area contributed by atoms with E-state index in [0.717, 1.165) is 5.39 Å². The molecule has 1 aromatic carbocycles. The number of amides is 1. The second kappa shape index (κ2) is 6.95. The van der Waals surface area contributed by atoms with E-state index in [1.165, 1.54) is 6.07 Å². The number of nitrogens with one attached hydrogen (secondary N) is 2. The molecular formula is C20H21N5O3. The molecule has 28 heavy (non-hydrogen) atoms. The van der Waals surface area contributed by atoms with E-state index < -0.39 is 0 Å². The Balaban J connectivity index is 1.59. The van der Waals surface area contributed by atoms with Crippen molar-refractivity contribution in [1.29, 1.82) is 0 Å². The first kappa shape index (κ1) is 18.0. The first-order valence-corrected chi connectivity index (χ1v) is 9.12. The minimum absolute atomic E-state index is 0.0165. The van der Waals surface area contributed by atoms with Crippen LogP contribution in [0.4, 0.5) is 5.95 Å². The molecule has 1 saturated heterocycles. The third-order valence-corrected chi connectivity index (χ3v) is 5.05. The standard InChI is InChI=1S/C20H21N5O3/c1-24(2)20-22-15(10-17(26)23-20)13-7-8-25(11-13)19(28)16-9-12-5-3-4-6-14(12)18(27)21-16/h3-6,9-10,13H,7-8,11H2,1-2H3,(H,21,27)(H,22,23,26)/t13-/m1/s1. The normalized spacial score (nSPS) is 16.5. The summed E-state index contributed by atoms with van der Waals surface area (Å²) in [6.45, 7) is 1.00. The predicted octanol–water partition coefficient (Wildman–Crippen LogP) is 1.31. The number of fused-ring (bicyclic) bond motifs is 1. The van der Waals surface area contributed by atoms with E-state index in [1.54, 1.807) is 28.0 Å². The SMILES string of the molecule is CN(C)c1nc([C@@H]2CCN(C(=O)c3cc4ccccc4c(=O)[nH]3)C2)cc(=O)[nH]1. The Morgan fingerprint density at radius 3 is 2.75 bits per heavy atom. The molecule has 2 aromatic heterocycles. The van der Waals surface area contributed by atoms with E-state index >= 15 is 0 Å². The van der Waals surface area contributed by atoms with Gasteiger partial charge in [0.05, 0.1) is 5.69 Å². The number of benzene rings is 1. The number of likely N-dealkylation sites (tertiary alicyclic amines) is 1. The van der Waals surface area contributed by atoms with Gasteiger partial charge in [-0.05, 0) is 23.9 Å². The molecule has 4 rings (SSSR count). The van der Waals surface area contributed by atoms with Crippen LogP contribution in [0, 0.1) is 0 Å². The Kier molecular flexibility index (Phi) is 4.46. The maximum Gasteiger partial charge on any atom is 0.270 e. The predicted molar refractivity (Wildman–Crippen MR) is 107 cm³/mol. The lowest BCUT2D eigenvalue weighted by molar-refractivity contribution is 0.0785. The molecule has 1 aliphatic rings. The maximum atomic E-state index is 12.9. The zero-order chi connectivity index (χ0) is 19.8. The Morgan fingerprint density at radius 2 is 1.96 bits per heavy atom. The van der Waals surface area contributed by atoms with E-state index in [1.807, 2.05) is 26.2 Å². The molecule has 0 saturated carbocycles. The van der Waals surface area contributed by atoms with E-state index in [4.69, 9.17) is 0 Å². The van der Waals surface area contributed by atoms with Gasteiger partial charge in [0.25, 0.3) is 17.0 Å². The van der Waals surface area contributed by atoms with Crippen molar-refractivity contribution in [2.75, 3.05) is 32.1 Å². The van der Waals surface area contributed by atoms with Crippen molar-refractivity contribution in [3.05, 3.63) is 68.5 Å². The molecule has 1 fully saturated rings. The van der Waals surface area contributed by atoms with Crippen LogP contribution in [0.25, 0.3) is 10.8 Å². The highest BCUT2D eigenvalue weighted by molar-refractivity contribution is 5.96. The molecule has 2 N–H and O–H groups in total. The van der Waals surface area contributed by atoms with Gasteiger partial charge in [-0.1, -0.05) is 18.2 Å². The summed E-state index contributed by atoms with van der Waals surface area (Å²) in [7, 11) is 3.62. The average Bonchev–Trinajstić information content (AvgIpc) is 3.17. The Bertz CT molecular complexity index is 1160. The number of carbonyl (C=O) groups is 1. The van der Waals surface area contributed by atoms with Gasteiger partial charge >= 0.3 is 0 Å². The summed E-state index contributed by atoms with van der Waals surface area (Å²) in [4.78, 5) is 50.4. The molecule has 1 amide bonds. The molecule has 144 valence electrons. The van der Waals surface area contributed by atoms with Crippen LogP contribution in [-0.4, -0.2) is 52.9 Å². The van der Waals surface area contributed by atoms with Gasteiger partial charge in [-0.2, -0.15) is 0 Å². The maximum absolute atomic E-state index is 12.9. The summed E-state index contributed by atoms with van der Waals surface area (Å²) in [5, 5.41) is 1.29. The molecular weight excluding hydrogens is 358 g/mol. The van der Waals surface area contributed by atoms with Crippen molar-refractivity contribution >= 4 is 22.6 Å². The van der Waals surface area contributed by atoms with Crippen molar-refractivity contribution < 1.29 is 4.79 Å². The van der Waals surface area contributed by atoms with Crippen molar-refractivity contribution in [1.82, 2.24) is 19.9 Å². The fourth-order valence-corrected chi connectivity index (χ4v) is 3.57. The van der Waals surface area contributed by atoms with Crippen molar-refractivity contribution in [3.8, 4) is 0 Å². The van der Waals surface area contributed by atoms with Crippen LogP contribution in [0.5, 0.6) is 0 Å². The van der Waals surface area contributed by atoms with Crippen molar-refractivity contribution in [3.63, 3.8) is 0 Å². The van der Waals surface area contributed by atoms with Crippen LogP contribution in [0.15, 0.2) is 46.0 Å². The highest BCUT2D eigenvalue weighted by Crippen LogP contribution is 2.27. The minimum atomic E-state index is -0.274. The second-order valence-electron chi connectivity index (χ2n) is 7.22. The number of rotatable bonds is 3. The molecule has 0 aliphatic carbocycles. The monoisotopic (exact) mass is 379 g/mol. The fourth-order valence-electron chi connectivity index (χ4n) is 3.57. The van der Waals surface area contributed by atoms with Crippen LogP contribution in [0.3, 0.4) is 0 Å². The van der Waals surface area contributed by atoms with E-state index in [0.29, 0.717) is 36.5 Å². The smallest absolute Gasteiger partial charge is 0.270 e. The fraction of sp³-hybridized carbons (Fsp3) is 0.300. The van der Waals surface area contributed by atoms with Gasteiger partial charge in [0, 0.05) is 44.6 Å². The summed E-state index contributed by atoms with van der Waals surface area (Å²) in [6.07, 6.45) is 0.715. The van der Waals surface area contributed by atoms with Crippen LogP contribution in [0.2, 0.25) is 0 Å². The van der Waals surface area contributed by atoms with E-state index in [2.05, 4.69) is 15.0 Å². The largest absolute Gasteiger partial charge is 0.348 e. The molecule has 0 radical (unpaired) electrons. The number of pyridine rings is 1. The third kappa shape index (κ3) is 3.28. The van der Waals surface area contributed by atoms with Crippen LogP contribution in [0.1, 0.15) is 28.5 Å². The van der Waals surface area contributed by atoms with Gasteiger partial charge in [-0.15, -0.1) is 0 Å². The lowest BCUT2D eigenvalue weighted by atomic mass is 10.1. The number of H-pyrrole nitrogens is 2. The molecule has 0 unspecified atom stereocenters. The lowest BCUT2D eigenvalue weighted by Gasteiger charge is -2.17.